The summed E-state index contributed by atoms with van der Waals surface area (Å²) < 4.78 is 0. The maximum atomic E-state index is 13.1. The van der Waals surface area contributed by atoms with Crippen molar-refractivity contribution in [1.82, 2.24) is 21.3 Å². The number of nitrogens with zero attached hydrogens (tertiary/aromatic N) is 1. The molecule has 0 rings (SSSR count). The first-order valence-corrected chi connectivity index (χ1v) is 13.1. The van der Waals surface area contributed by atoms with Crippen LogP contribution < -0.4 is 38.5 Å². The van der Waals surface area contributed by atoms with Crippen molar-refractivity contribution in [3.8, 4) is 0 Å². The molecule has 0 heterocycles. The van der Waals surface area contributed by atoms with Gasteiger partial charge in [-0.1, -0.05) is 13.8 Å². The molecule has 0 saturated carbocycles. The van der Waals surface area contributed by atoms with Crippen LogP contribution >= 0.6 is 25.3 Å². The van der Waals surface area contributed by atoms with E-state index in [4.69, 9.17) is 22.3 Å². The smallest absolute Gasteiger partial charge is 0.327 e. The van der Waals surface area contributed by atoms with Crippen molar-refractivity contribution in [2.75, 3.05) is 24.7 Å². The molecule has 0 aliphatic carbocycles. The lowest BCUT2D eigenvalue weighted by molar-refractivity contribution is -0.142. The van der Waals surface area contributed by atoms with Crippen molar-refractivity contribution >= 4 is 60.8 Å². The summed E-state index contributed by atoms with van der Waals surface area (Å²) in [4.78, 5) is 65.8. The molecule has 17 heteroatoms. The van der Waals surface area contributed by atoms with Crippen LogP contribution in [-0.2, 0) is 24.0 Å². The highest BCUT2D eigenvalue weighted by atomic mass is 32.1. The number of amides is 4. The topological polar surface area (TPSA) is 264 Å². The van der Waals surface area contributed by atoms with Crippen molar-refractivity contribution in [1.29, 1.82) is 0 Å². The standard InChI is InChI=1S/C21H40N8O7S2/c1-10(2)6-13(27-16(31)11(22)8-37)18(33)26-12(4-3-5-25-21(23)24)17(32)28-14(7-30)19(34)29-15(9-38)20(35)36/h10-15,30,37-38H,3-9,22H2,1-2H3,(H,26,33)(H,27,31)(H,28,32)(H,29,34)(H,35,36)(H4,23,24,25)/t11-,12-,13-,14-,15-/m0/s1. The number of aliphatic imine (C=N–C) groups is 1. The molecule has 4 amide bonds. The molecule has 218 valence electrons. The average Bonchev–Trinajstić information content (AvgIpc) is 2.85. The molecular formula is C21H40N8O7S2. The summed E-state index contributed by atoms with van der Waals surface area (Å²) in [7, 11) is 0. The Balaban J connectivity index is 5.71. The van der Waals surface area contributed by atoms with E-state index in [-0.39, 0.29) is 49.2 Å². The second-order valence-corrected chi connectivity index (χ2v) is 9.55. The van der Waals surface area contributed by atoms with Gasteiger partial charge in [0.25, 0.3) is 0 Å². The molecule has 0 spiro atoms. The van der Waals surface area contributed by atoms with E-state index in [0.717, 1.165) is 0 Å². The third kappa shape index (κ3) is 13.7. The molecular weight excluding hydrogens is 540 g/mol. The normalized spacial score (nSPS) is 14.8. The minimum absolute atomic E-state index is 0.0103. The zero-order valence-corrected chi connectivity index (χ0v) is 23.2. The third-order valence-corrected chi connectivity index (χ3v) is 5.82. The predicted molar refractivity (Wildman–Crippen MR) is 147 cm³/mol. The zero-order chi connectivity index (χ0) is 29.4. The van der Waals surface area contributed by atoms with E-state index >= 15 is 0 Å². The largest absolute Gasteiger partial charge is 0.480 e. The van der Waals surface area contributed by atoms with Gasteiger partial charge in [-0.15, -0.1) is 0 Å². The minimum Gasteiger partial charge on any atom is -0.480 e. The number of nitrogens with two attached hydrogens (primary N) is 3. The van der Waals surface area contributed by atoms with E-state index in [2.05, 4.69) is 51.5 Å². The quantitative estimate of drug-likeness (QED) is 0.0327. The maximum Gasteiger partial charge on any atom is 0.327 e. The maximum absolute atomic E-state index is 13.1. The number of carboxylic acid groups (broad SMARTS) is 1. The van der Waals surface area contributed by atoms with E-state index in [1.165, 1.54) is 0 Å². The number of nitrogens with one attached hydrogen (secondary N) is 4. The van der Waals surface area contributed by atoms with E-state index < -0.39 is 66.4 Å². The summed E-state index contributed by atoms with van der Waals surface area (Å²) in [6.07, 6.45) is 0.515. The van der Waals surface area contributed by atoms with Crippen LogP contribution in [0.4, 0.5) is 0 Å². The van der Waals surface area contributed by atoms with Crippen molar-refractivity contribution in [2.45, 2.75) is 63.3 Å². The van der Waals surface area contributed by atoms with Gasteiger partial charge in [0.1, 0.15) is 24.2 Å². The number of aliphatic hydroxyl groups is 1. The Bertz CT molecular complexity index is 842. The summed E-state index contributed by atoms with van der Waals surface area (Å²) >= 11 is 7.83. The van der Waals surface area contributed by atoms with Crippen molar-refractivity contribution in [2.24, 2.45) is 28.1 Å². The number of carbonyl (C=O) groups excluding carboxylic acids is 4. The molecule has 12 N–H and O–H groups in total. The van der Waals surface area contributed by atoms with E-state index in [9.17, 15) is 29.1 Å². The number of rotatable bonds is 18. The summed E-state index contributed by atoms with van der Waals surface area (Å²) in [5, 5.41) is 28.3. The van der Waals surface area contributed by atoms with Crippen molar-refractivity contribution in [3.63, 3.8) is 0 Å². The first kappa shape index (κ1) is 35.2. The summed E-state index contributed by atoms with van der Waals surface area (Å²) in [5.74, 6) is -4.76. The molecule has 38 heavy (non-hydrogen) atoms. The lowest BCUT2D eigenvalue weighted by Gasteiger charge is -2.26. The number of carbonyl (C=O) groups is 5. The number of aliphatic hydroxyl groups excluding tert-OH is 1. The molecule has 0 bridgehead atoms. The van der Waals surface area contributed by atoms with Crippen molar-refractivity contribution < 1.29 is 34.2 Å². The number of guanidine groups is 1. The Morgan fingerprint density at radius 3 is 1.79 bits per heavy atom. The van der Waals surface area contributed by atoms with Gasteiger partial charge < -0.3 is 48.7 Å². The van der Waals surface area contributed by atoms with Gasteiger partial charge in [0.05, 0.1) is 12.6 Å². The van der Waals surface area contributed by atoms with Crippen LogP contribution in [0, 0.1) is 5.92 Å². The van der Waals surface area contributed by atoms with Gasteiger partial charge in [0.15, 0.2) is 5.96 Å². The number of hydrogen-bond donors (Lipinski definition) is 11. The zero-order valence-electron chi connectivity index (χ0n) is 21.4. The Hall–Kier alpha value is -2.76. The molecule has 0 aliphatic rings. The fraction of sp³-hybridized carbons (Fsp3) is 0.714. The first-order chi connectivity index (χ1) is 17.8. The Morgan fingerprint density at radius 1 is 0.816 bits per heavy atom. The van der Waals surface area contributed by atoms with Gasteiger partial charge in [-0.25, -0.2) is 4.79 Å². The monoisotopic (exact) mass is 580 g/mol. The van der Waals surface area contributed by atoms with Crippen molar-refractivity contribution in [3.05, 3.63) is 0 Å². The van der Waals surface area contributed by atoms with Gasteiger partial charge in [0.2, 0.25) is 23.6 Å². The highest BCUT2D eigenvalue weighted by Gasteiger charge is 2.31. The Morgan fingerprint density at radius 2 is 1.32 bits per heavy atom. The highest BCUT2D eigenvalue weighted by molar-refractivity contribution is 7.80. The van der Waals surface area contributed by atoms with Gasteiger partial charge in [-0.3, -0.25) is 24.2 Å². The summed E-state index contributed by atoms with van der Waals surface area (Å²) in [5.41, 5.74) is 16.3. The molecule has 0 aromatic carbocycles. The second kappa shape index (κ2) is 18.5. The van der Waals surface area contributed by atoms with Crippen LogP contribution in [0.3, 0.4) is 0 Å². The molecule has 0 saturated heterocycles. The number of thiol groups is 2. The molecule has 0 aromatic heterocycles. The summed E-state index contributed by atoms with van der Waals surface area (Å²) in [6.45, 7) is 2.96. The minimum atomic E-state index is -1.51. The lowest BCUT2D eigenvalue weighted by Crippen LogP contribution is -2.59. The molecule has 15 nitrogen and oxygen atoms in total. The van der Waals surface area contributed by atoms with E-state index in [0.29, 0.717) is 0 Å². The molecule has 0 fully saturated rings. The highest BCUT2D eigenvalue weighted by Crippen LogP contribution is 2.08. The fourth-order valence-corrected chi connectivity index (χ4v) is 3.45. The second-order valence-electron chi connectivity index (χ2n) is 8.82. The van der Waals surface area contributed by atoms with Gasteiger partial charge in [-0.2, -0.15) is 25.3 Å². The molecule has 0 unspecified atom stereocenters. The van der Waals surface area contributed by atoms with Crippen LogP contribution in [0.15, 0.2) is 4.99 Å². The molecule has 0 aromatic rings. The molecule has 0 radical (unpaired) electrons. The number of hydrogen-bond acceptors (Lipinski definition) is 10. The van der Waals surface area contributed by atoms with Crippen LogP contribution in [0.5, 0.6) is 0 Å². The Labute approximate surface area is 232 Å². The third-order valence-electron chi connectivity index (χ3n) is 5.06. The van der Waals surface area contributed by atoms with E-state index in [1.54, 1.807) is 0 Å². The van der Waals surface area contributed by atoms with Crippen LogP contribution in [0.25, 0.3) is 0 Å². The number of aliphatic carboxylic acids is 1. The summed E-state index contributed by atoms with van der Waals surface area (Å²) in [6, 6.07) is -6.05. The van der Waals surface area contributed by atoms with Crippen LogP contribution in [0.2, 0.25) is 0 Å². The SMILES string of the molecule is CC(C)C[C@H](NC(=O)[C@@H](N)CS)C(=O)N[C@@H](CCCN=C(N)N)C(=O)N[C@@H](CO)C(=O)N[C@@H](CS)C(=O)O. The molecule has 0 aliphatic heterocycles. The Kier molecular flexibility index (Phi) is 17.1. The van der Waals surface area contributed by atoms with Gasteiger partial charge >= 0.3 is 5.97 Å². The lowest BCUT2D eigenvalue weighted by atomic mass is 10.0. The van der Waals surface area contributed by atoms with E-state index in [1.807, 2.05) is 13.8 Å². The average molecular weight is 581 g/mol. The van der Waals surface area contributed by atoms with Crippen LogP contribution in [0.1, 0.15) is 33.1 Å². The fourth-order valence-electron chi connectivity index (χ4n) is 3.03. The van der Waals surface area contributed by atoms with Gasteiger partial charge in [0, 0.05) is 18.1 Å². The number of carboxylic acids is 1. The molecule has 5 atom stereocenters. The first-order valence-electron chi connectivity index (χ1n) is 11.8. The van der Waals surface area contributed by atoms with Gasteiger partial charge in [-0.05, 0) is 25.2 Å². The predicted octanol–water partition coefficient (Wildman–Crippen LogP) is -3.71. The van der Waals surface area contributed by atoms with Crippen LogP contribution in [-0.4, -0.2) is 101 Å².